The summed E-state index contributed by atoms with van der Waals surface area (Å²) in [6, 6.07) is 0. The maximum Gasteiger partial charge on any atom is 0.187 e. The summed E-state index contributed by atoms with van der Waals surface area (Å²) in [5.41, 5.74) is 0. The fourth-order valence-corrected chi connectivity index (χ4v) is 4.88. The Balaban J connectivity index is 1.55. The van der Waals surface area contributed by atoms with E-state index in [0.717, 1.165) is 0 Å². The van der Waals surface area contributed by atoms with Crippen LogP contribution in [0.5, 0.6) is 0 Å². The van der Waals surface area contributed by atoms with Crippen molar-refractivity contribution in [3.63, 3.8) is 0 Å². The molecule has 0 amide bonds. The molecule has 4 saturated heterocycles. The Morgan fingerprint density at radius 2 is 1.15 bits per heavy atom. The van der Waals surface area contributed by atoms with Gasteiger partial charge in [-0.3, -0.25) is 0 Å². The molecule has 4 rings (SSSR count). The van der Waals surface area contributed by atoms with Crippen molar-refractivity contribution in [1.82, 2.24) is 0 Å². The van der Waals surface area contributed by atoms with Gasteiger partial charge in [-0.25, -0.2) is 0 Å². The molecule has 40 heavy (non-hydrogen) atoms. The topological polar surface area (TPSA) is 287 Å². The molecule has 18 atom stereocenters. The lowest BCUT2D eigenvalue weighted by atomic mass is 9.97. The summed E-state index contributed by atoms with van der Waals surface area (Å²) in [5, 5.41) is 112. The average Bonchev–Trinajstić information content (AvgIpc) is 2.93. The van der Waals surface area contributed by atoms with Gasteiger partial charge in [-0.2, -0.15) is 0 Å². The summed E-state index contributed by atoms with van der Waals surface area (Å²) in [7, 11) is 0. The molecule has 18 nitrogen and oxygen atoms in total. The van der Waals surface area contributed by atoms with Gasteiger partial charge in [0.05, 0.1) is 25.9 Å². The molecule has 0 aromatic heterocycles. The normalized spacial score (nSPS) is 54.3. The van der Waals surface area contributed by atoms with Crippen molar-refractivity contribution >= 4 is 0 Å². The van der Waals surface area contributed by atoms with Crippen LogP contribution in [-0.2, 0) is 33.2 Å². The lowest BCUT2D eigenvalue weighted by Crippen LogP contribution is -2.66. The maximum atomic E-state index is 10.8. The van der Waals surface area contributed by atoms with Crippen LogP contribution in [0, 0.1) is 0 Å². The zero-order chi connectivity index (χ0) is 29.5. The first-order valence-electron chi connectivity index (χ1n) is 12.8. The molecular formula is C22H38O18. The van der Waals surface area contributed by atoms with E-state index in [1.54, 1.807) is 0 Å². The zero-order valence-electron chi connectivity index (χ0n) is 21.3. The predicted octanol–water partition coefficient (Wildman–Crippen LogP) is -7.44. The van der Waals surface area contributed by atoms with Crippen LogP contribution in [0.2, 0.25) is 0 Å². The second-order valence-corrected chi connectivity index (χ2v) is 10.2. The molecule has 4 aliphatic rings. The molecular weight excluding hydrogens is 552 g/mol. The second-order valence-electron chi connectivity index (χ2n) is 10.2. The molecule has 4 aliphatic heterocycles. The third kappa shape index (κ3) is 6.44. The molecule has 0 radical (unpaired) electrons. The third-order valence-electron chi connectivity index (χ3n) is 7.38. The number of aliphatic hydroxyl groups is 11. The van der Waals surface area contributed by atoms with Gasteiger partial charge >= 0.3 is 0 Å². The van der Waals surface area contributed by atoms with Gasteiger partial charge in [0.25, 0.3) is 0 Å². The van der Waals surface area contributed by atoms with Crippen molar-refractivity contribution in [1.29, 1.82) is 0 Å². The minimum atomic E-state index is -1.85. The Bertz CT molecular complexity index is 808. The van der Waals surface area contributed by atoms with Crippen molar-refractivity contribution < 1.29 is 89.3 Å². The quantitative estimate of drug-likeness (QED) is 0.131. The standard InChI is InChI=1S/C22H38O18/c1-5-9(26)12(29)15(32)21(36-5)40-18-16(7(25)4-34-19(18)33)38-22-17(13(30)11(28)8(2-23)37-22)39-20-14(31)10(27)6(24)3-35-20/h5-33H,2-4H2,1H3/t5-,6-,7+,8-,9+,10+,11-,12+,13+,14-,15-,16+,17-,18-,19-,20+,21+,22+/m1/s1. The summed E-state index contributed by atoms with van der Waals surface area (Å²) in [6.45, 7) is -0.344. The summed E-state index contributed by atoms with van der Waals surface area (Å²) < 4.78 is 38.2. The van der Waals surface area contributed by atoms with Gasteiger partial charge < -0.3 is 89.3 Å². The van der Waals surface area contributed by atoms with E-state index in [1.807, 2.05) is 0 Å². The van der Waals surface area contributed by atoms with Crippen molar-refractivity contribution in [2.24, 2.45) is 0 Å². The molecule has 0 aromatic rings. The summed E-state index contributed by atoms with van der Waals surface area (Å²) in [5.74, 6) is 0. The molecule has 0 spiro atoms. The van der Waals surface area contributed by atoms with Gasteiger partial charge in [0.1, 0.15) is 79.4 Å². The van der Waals surface area contributed by atoms with Crippen LogP contribution >= 0.6 is 0 Å². The maximum absolute atomic E-state index is 10.8. The second kappa shape index (κ2) is 13.3. The Hall–Kier alpha value is -0.720. The fraction of sp³-hybridized carbons (Fsp3) is 1.00. The fourth-order valence-electron chi connectivity index (χ4n) is 4.88. The summed E-state index contributed by atoms with van der Waals surface area (Å²) in [6.07, 6.45) is -29.2. The molecule has 4 fully saturated rings. The molecule has 4 heterocycles. The molecule has 0 aliphatic carbocycles. The van der Waals surface area contributed by atoms with Crippen LogP contribution in [0.4, 0.5) is 0 Å². The van der Waals surface area contributed by atoms with Gasteiger partial charge in [0, 0.05) is 0 Å². The van der Waals surface area contributed by atoms with Crippen LogP contribution < -0.4 is 0 Å². The number of ether oxygens (including phenoxy) is 7. The van der Waals surface area contributed by atoms with Crippen LogP contribution in [0.15, 0.2) is 0 Å². The summed E-state index contributed by atoms with van der Waals surface area (Å²) in [4.78, 5) is 0. The van der Waals surface area contributed by atoms with Crippen LogP contribution in [0.1, 0.15) is 6.92 Å². The highest BCUT2D eigenvalue weighted by atomic mass is 16.8. The van der Waals surface area contributed by atoms with E-state index in [0.29, 0.717) is 0 Å². The number of aliphatic hydroxyl groups excluding tert-OH is 11. The largest absolute Gasteiger partial charge is 0.394 e. The highest BCUT2D eigenvalue weighted by molar-refractivity contribution is 4.95. The minimum Gasteiger partial charge on any atom is -0.394 e. The SMILES string of the molecule is C[C@H]1O[C@@H](O[C@@H]2[C@@H](O[C@@H]3O[C@H](CO)[C@@H](O)[C@H](O)[C@H]3O[C@@H]3OC[C@@H](O)[C@H](O)[C@H]3O)[C@@H](O)CO[C@H]2O)[C@H](O)[C@@H](O)[C@H]1O. The van der Waals surface area contributed by atoms with Gasteiger partial charge in [0.2, 0.25) is 0 Å². The zero-order valence-corrected chi connectivity index (χ0v) is 21.3. The van der Waals surface area contributed by atoms with E-state index in [9.17, 15) is 56.2 Å². The number of hydrogen-bond donors (Lipinski definition) is 11. The van der Waals surface area contributed by atoms with Gasteiger partial charge in [-0.15, -0.1) is 0 Å². The molecule has 0 bridgehead atoms. The highest BCUT2D eigenvalue weighted by Gasteiger charge is 2.53. The first-order chi connectivity index (χ1) is 18.8. The van der Waals surface area contributed by atoms with Crippen molar-refractivity contribution in [2.75, 3.05) is 19.8 Å². The molecule has 234 valence electrons. The van der Waals surface area contributed by atoms with E-state index in [2.05, 4.69) is 0 Å². The third-order valence-corrected chi connectivity index (χ3v) is 7.38. The Morgan fingerprint density at radius 3 is 1.82 bits per heavy atom. The first-order valence-corrected chi connectivity index (χ1v) is 12.8. The smallest absolute Gasteiger partial charge is 0.187 e. The van der Waals surface area contributed by atoms with E-state index < -0.39 is 130 Å². The van der Waals surface area contributed by atoms with Crippen LogP contribution in [0.25, 0.3) is 0 Å². The molecule has 0 saturated carbocycles. The van der Waals surface area contributed by atoms with Crippen molar-refractivity contribution in [2.45, 2.75) is 118 Å². The van der Waals surface area contributed by atoms with Gasteiger partial charge in [-0.05, 0) is 6.92 Å². The monoisotopic (exact) mass is 590 g/mol. The molecule has 18 heteroatoms. The minimum absolute atomic E-state index is 0.455. The van der Waals surface area contributed by atoms with E-state index >= 15 is 0 Å². The van der Waals surface area contributed by atoms with Crippen molar-refractivity contribution in [3.8, 4) is 0 Å². The van der Waals surface area contributed by atoms with Crippen LogP contribution in [-0.4, -0.2) is 187 Å². The molecule has 0 aromatic carbocycles. The van der Waals surface area contributed by atoms with Crippen molar-refractivity contribution in [3.05, 3.63) is 0 Å². The number of rotatable bonds is 7. The number of hydrogen-bond acceptors (Lipinski definition) is 18. The van der Waals surface area contributed by atoms with E-state index in [4.69, 9.17) is 33.2 Å². The Morgan fingerprint density at radius 1 is 0.550 bits per heavy atom. The Labute approximate surface area is 227 Å². The molecule has 11 N–H and O–H groups in total. The van der Waals surface area contributed by atoms with E-state index in [-0.39, 0.29) is 0 Å². The van der Waals surface area contributed by atoms with E-state index in [1.165, 1.54) is 6.92 Å². The lowest BCUT2D eigenvalue weighted by Gasteiger charge is -2.48. The van der Waals surface area contributed by atoms with Crippen LogP contribution in [0.3, 0.4) is 0 Å². The molecule has 0 unspecified atom stereocenters. The van der Waals surface area contributed by atoms with Gasteiger partial charge in [-0.1, -0.05) is 0 Å². The Kier molecular flexibility index (Phi) is 10.7. The highest BCUT2D eigenvalue weighted by Crippen LogP contribution is 2.33. The van der Waals surface area contributed by atoms with Gasteiger partial charge in [0.15, 0.2) is 25.2 Å². The predicted molar refractivity (Wildman–Crippen MR) is 120 cm³/mol. The lowest BCUT2D eigenvalue weighted by molar-refractivity contribution is -0.391. The first kappa shape index (κ1) is 32.2. The average molecular weight is 591 g/mol. The summed E-state index contributed by atoms with van der Waals surface area (Å²) >= 11 is 0.